The van der Waals surface area contributed by atoms with Gasteiger partial charge in [-0.25, -0.2) is 9.78 Å². The third kappa shape index (κ3) is 4.49. The molecular weight excluding hydrogens is 406 g/mol. The van der Waals surface area contributed by atoms with Gasteiger partial charge in [-0.15, -0.1) is 0 Å². The minimum Gasteiger partial charge on any atom is -0.464 e. The lowest BCUT2D eigenvalue weighted by atomic mass is 10.0. The van der Waals surface area contributed by atoms with Gasteiger partial charge in [0.05, 0.1) is 12.8 Å². The Hall–Kier alpha value is -3.68. The van der Waals surface area contributed by atoms with Crippen molar-refractivity contribution in [3.63, 3.8) is 0 Å². The third-order valence-corrected chi connectivity index (χ3v) is 5.73. The number of aromatic nitrogens is 3. The summed E-state index contributed by atoms with van der Waals surface area (Å²) in [6.45, 7) is 6.98. The van der Waals surface area contributed by atoms with Crippen LogP contribution in [0.15, 0.2) is 48.7 Å². The highest BCUT2D eigenvalue weighted by Gasteiger charge is 2.23. The SMILES string of the molecule is COC(=O)c1ccc(-c2ccccc2N2CCN(C(=O)Cn3nc(C)cc3C)CC2)cn1. The molecule has 0 bridgehead atoms. The van der Waals surface area contributed by atoms with E-state index < -0.39 is 5.97 Å². The van der Waals surface area contributed by atoms with Gasteiger partial charge in [-0.3, -0.25) is 9.48 Å². The van der Waals surface area contributed by atoms with E-state index in [1.807, 2.05) is 49.1 Å². The van der Waals surface area contributed by atoms with Gasteiger partial charge in [-0.05, 0) is 32.0 Å². The molecule has 3 aromatic rings. The van der Waals surface area contributed by atoms with Gasteiger partial charge < -0.3 is 14.5 Å². The van der Waals surface area contributed by atoms with E-state index in [0.717, 1.165) is 41.3 Å². The number of amides is 1. The lowest BCUT2D eigenvalue weighted by Gasteiger charge is -2.37. The van der Waals surface area contributed by atoms with Gasteiger partial charge in [0.2, 0.25) is 5.91 Å². The van der Waals surface area contributed by atoms with Gasteiger partial charge in [0.25, 0.3) is 0 Å². The minimum atomic E-state index is -0.453. The Labute approximate surface area is 187 Å². The Kier molecular flexibility index (Phi) is 6.20. The van der Waals surface area contributed by atoms with E-state index in [-0.39, 0.29) is 18.1 Å². The first kappa shape index (κ1) is 21.5. The third-order valence-electron chi connectivity index (χ3n) is 5.73. The quantitative estimate of drug-likeness (QED) is 0.576. The van der Waals surface area contributed by atoms with Crippen LogP contribution in [-0.4, -0.2) is 64.8 Å². The monoisotopic (exact) mass is 433 g/mol. The molecule has 1 aliphatic rings. The zero-order valence-corrected chi connectivity index (χ0v) is 18.6. The summed E-state index contributed by atoms with van der Waals surface area (Å²) in [5.74, 6) is -0.363. The summed E-state index contributed by atoms with van der Waals surface area (Å²) in [6, 6.07) is 13.7. The fourth-order valence-electron chi connectivity index (χ4n) is 4.03. The molecule has 3 heterocycles. The predicted molar refractivity (Wildman–Crippen MR) is 122 cm³/mol. The molecule has 0 saturated carbocycles. The van der Waals surface area contributed by atoms with Gasteiger partial charge in [-0.1, -0.05) is 24.3 Å². The molecule has 1 fully saturated rings. The van der Waals surface area contributed by atoms with Crippen LogP contribution < -0.4 is 4.90 Å². The van der Waals surface area contributed by atoms with Crippen LogP contribution in [0, 0.1) is 13.8 Å². The zero-order valence-electron chi connectivity index (χ0n) is 18.6. The number of methoxy groups -OCH3 is 1. The summed E-state index contributed by atoms with van der Waals surface area (Å²) >= 11 is 0. The number of carbonyl (C=O) groups is 2. The van der Waals surface area contributed by atoms with Crippen LogP contribution in [0.3, 0.4) is 0 Å². The van der Waals surface area contributed by atoms with E-state index >= 15 is 0 Å². The number of hydrogen-bond donors (Lipinski definition) is 0. The van der Waals surface area contributed by atoms with E-state index in [2.05, 4.69) is 21.0 Å². The number of aryl methyl sites for hydroxylation is 2. The van der Waals surface area contributed by atoms with Crippen LogP contribution in [0.2, 0.25) is 0 Å². The standard InChI is InChI=1S/C24H27N5O3/c1-17-14-18(2)29(26-17)16-23(30)28-12-10-27(11-13-28)22-7-5-4-6-20(22)19-8-9-21(25-15-19)24(31)32-3/h4-9,14-15H,10-13,16H2,1-3H3. The lowest BCUT2D eigenvalue weighted by Crippen LogP contribution is -2.49. The van der Waals surface area contributed by atoms with Crippen LogP contribution in [0.4, 0.5) is 5.69 Å². The van der Waals surface area contributed by atoms with Gasteiger partial charge in [0, 0.05) is 54.9 Å². The van der Waals surface area contributed by atoms with Crippen molar-refractivity contribution >= 4 is 17.6 Å². The molecule has 0 atom stereocenters. The number of anilines is 1. The van der Waals surface area contributed by atoms with Gasteiger partial charge >= 0.3 is 5.97 Å². The summed E-state index contributed by atoms with van der Waals surface area (Å²) in [4.78, 5) is 32.9. The fourth-order valence-corrected chi connectivity index (χ4v) is 4.03. The number of hydrogen-bond acceptors (Lipinski definition) is 6. The molecule has 1 aliphatic heterocycles. The molecule has 1 aromatic carbocycles. The number of piperazine rings is 1. The van der Waals surface area contributed by atoms with E-state index in [9.17, 15) is 9.59 Å². The van der Waals surface area contributed by atoms with Crippen molar-refractivity contribution in [1.82, 2.24) is 19.7 Å². The molecule has 0 aliphatic carbocycles. The predicted octanol–water partition coefficient (Wildman–Crippen LogP) is 2.70. The molecule has 4 rings (SSSR count). The molecule has 1 amide bonds. The van der Waals surface area contributed by atoms with Crippen molar-refractivity contribution in [1.29, 1.82) is 0 Å². The van der Waals surface area contributed by atoms with Crippen molar-refractivity contribution in [3.8, 4) is 11.1 Å². The van der Waals surface area contributed by atoms with Crippen LogP contribution in [0.25, 0.3) is 11.1 Å². The second-order valence-corrected chi connectivity index (χ2v) is 7.89. The number of ether oxygens (including phenoxy) is 1. The molecule has 166 valence electrons. The van der Waals surface area contributed by atoms with Crippen LogP contribution in [-0.2, 0) is 16.1 Å². The van der Waals surface area contributed by atoms with E-state index in [1.165, 1.54) is 7.11 Å². The molecule has 32 heavy (non-hydrogen) atoms. The maximum atomic E-state index is 12.8. The van der Waals surface area contributed by atoms with E-state index in [0.29, 0.717) is 13.1 Å². The molecule has 0 spiro atoms. The molecule has 0 unspecified atom stereocenters. The number of esters is 1. The maximum Gasteiger partial charge on any atom is 0.356 e. The number of pyridine rings is 1. The first-order valence-corrected chi connectivity index (χ1v) is 10.6. The summed E-state index contributed by atoms with van der Waals surface area (Å²) in [5.41, 5.74) is 5.26. The average molecular weight is 434 g/mol. The minimum absolute atomic E-state index is 0.0896. The van der Waals surface area contributed by atoms with Crippen LogP contribution in [0.1, 0.15) is 21.9 Å². The number of para-hydroxylation sites is 1. The normalized spacial score (nSPS) is 13.8. The Morgan fingerprint density at radius 1 is 1.03 bits per heavy atom. The van der Waals surface area contributed by atoms with Crippen molar-refractivity contribution in [2.45, 2.75) is 20.4 Å². The summed E-state index contributed by atoms with van der Waals surface area (Å²) in [7, 11) is 1.34. The van der Waals surface area contributed by atoms with Gasteiger partial charge in [0.1, 0.15) is 12.2 Å². The fraction of sp³-hybridized carbons (Fsp3) is 0.333. The van der Waals surface area contributed by atoms with Gasteiger partial charge in [0.15, 0.2) is 0 Å². The largest absolute Gasteiger partial charge is 0.464 e. The Balaban J connectivity index is 1.44. The number of rotatable bonds is 5. The second kappa shape index (κ2) is 9.21. The zero-order chi connectivity index (χ0) is 22.7. The first-order valence-electron chi connectivity index (χ1n) is 10.6. The van der Waals surface area contributed by atoms with Crippen molar-refractivity contribution in [2.75, 3.05) is 38.2 Å². The highest BCUT2D eigenvalue weighted by atomic mass is 16.5. The topological polar surface area (TPSA) is 80.6 Å². The Morgan fingerprint density at radius 3 is 2.41 bits per heavy atom. The van der Waals surface area contributed by atoms with Crippen LogP contribution >= 0.6 is 0 Å². The van der Waals surface area contributed by atoms with Crippen molar-refractivity contribution in [2.24, 2.45) is 0 Å². The lowest BCUT2D eigenvalue weighted by molar-refractivity contribution is -0.132. The number of benzene rings is 1. The molecule has 0 N–H and O–H groups in total. The van der Waals surface area contributed by atoms with Crippen LogP contribution in [0.5, 0.6) is 0 Å². The smallest absolute Gasteiger partial charge is 0.356 e. The van der Waals surface area contributed by atoms with Gasteiger partial charge in [-0.2, -0.15) is 5.10 Å². The molecule has 8 nitrogen and oxygen atoms in total. The summed E-state index contributed by atoms with van der Waals surface area (Å²) in [5, 5.41) is 4.40. The first-order chi connectivity index (χ1) is 15.5. The number of carbonyl (C=O) groups excluding carboxylic acids is 2. The molecule has 8 heteroatoms. The Bertz CT molecular complexity index is 1110. The Morgan fingerprint density at radius 2 is 1.78 bits per heavy atom. The highest BCUT2D eigenvalue weighted by molar-refractivity contribution is 5.88. The molecular formula is C24H27N5O3. The molecule has 1 saturated heterocycles. The maximum absolute atomic E-state index is 12.8. The summed E-state index contributed by atoms with van der Waals surface area (Å²) in [6.07, 6.45) is 1.69. The summed E-state index contributed by atoms with van der Waals surface area (Å²) < 4.78 is 6.50. The second-order valence-electron chi connectivity index (χ2n) is 7.89. The van der Waals surface area contributed by atoms with E-state index in [4.69, 9.17) is 4.74 Å². The average Bonchev–Trinajstić information content (AvgIpc) is 3.15. The van der Waals surface area contributed by atoms with E-state index in [1.54, 1.807) is 16.9 Å². The molecule has 0 radical (unpaired) electrons. The number of nitrogens with zero attached hydrogens (tertiary/aromatic N) is 5. The highest BCUT2D eigenvalue weighted by Crippen LogP contribution is 2.31. The molecule has 2 aromatic heterocycles. The van der Waals surface area contributed by atoms with Crippen molar-refractivity contribution < 1.29 is 14.3 Å². The van der Waals surface area contributed by atoms with Crippen molar-refractivity contribution in [3.05, 3.63) is 65.7 Å².